The van der Waals surface area contributed by atoms with Crippen LogP contribution in [0, 0.1) is 11.3 Å². The molecule has 0 saturated carbocycles. The minimum absolute atomic E-state index is 0.259. The van der Waals surface area contributed by atoms with E-state index in [0.717, 1.165) is 19.4 Å². The molecular weight excluding hydrogens is 258 g/mol. The van der Waals surface area contributed by atoms with Gasteiger partial charge >= 0.3 is 0 Å². The molecule has 0 amide bonds. The molecule has 0 unspecified atom stereocenters. The van der Waals surface area contributed by atoms with E-state index in [-0.39, 0.29) is 5.69 Å². The van der Waals surface area contributed by atoms with Crippen molar-refractivity contribution in [1.29, 1.82) is 5.26 Å². The monoisotopic (exact) mass is 271 g/mol. The first kappa shape index (κ1) is 13.4. The van der Waals surface area contributed by atoms with Crippen LogP contribution < -0.4 is 5.32 Å². The van der Waals surface area contributed by atoms with Crippen molar-refractivity contribution in [2.45, 2.75) is 12.8 Å². The molecule has 19 heavy (non-hydrogen) atoms. The first-order valence-corrected chi connectivity index (χ1v) is 6.52. The van der Waals surface area contributed by atoms with Gasteiger partial charge in [0.1, 0.15) is 11.9 Å². The van der Waals surface area contributed by atoms with Gasteiger partial charge in [-0.05, 0) is 30.5 Å². The van der Waals surface area contributed by atoms with Gasteiger partial charge in [0.15, 0.2) is 5.69 Å². The fraction of sp³-hybridized carbons (Fsp3) is 0.200. The largest absolute Gasteiger partial charge is 0.370 e. The summed E-state index contributed by atoms with van der Waals surface area (Å²) in [5, 5.41) is 12.4. The fourth-order valence-electron chi connectivity index (χ4n) is 1.77. The maximum atomic E-state index is 8.84. The van der Waals surface area contributed by atoms with Gasteiger partial charge in [0.05, 0.1) is 5.02 Å². The van der Waals surface area contributed by atoms with E-state index in [0.29, 0.717) is 10.8 Å². The Morgan fingerprint density at radius 1 is 1.16 bits per heavy atom. The van der Waals surface area contributed by atoms with Gasteiger partial charge in [0.25, 0.3) is 0 Å². The van der Waals surface area contributed by atoms with Crippen LogP contribution in [0.2, 0.25) is 5.02 Å². The number of nitrogens with zero attached hydrogens (tertiary/aromatic N) is 2. The van der Waals surface area contributed by atoms with Crippen LogP contribution in [0.1, 0.15) is 17.7 Å². The summed E-state index contributed by atoms with van der Waals surface area (Å²) in [6, 6.07) is 15.8. The van der Waals surface area contributed by atoms with Crippen LogP contribution in [0.3, 0.4) is 0 Å². The van der Waals surface area contributed by atoms with Gasteiger partial charge in [-0.2, -0.15) is 5.26 Å². The molecule has 0 spiro atoms. The summed E-state index contributed by atoms with van der Waals surface area (Å²) in [5.74, 6) is 0.689. The van der Waals surface area contributed by atoms with Crippen LogP contribution in [-0.4, -0.2) is 11.5 Å². The lowest BCUT2D eigenvalue weighted by Gasteiger charge is -2.06. The Hall–Kier alpha value is -2.05. The molecular formula is C15H14ClN3. The van der Waals surface area contributed by atoms with E-state index < -0.39 is 0 Å². The molecule has 0 aliphatic rings. The minimum atomic E-state index is 0.259. The van der Waals surface area contributed by atoms with E-state index in [2.05, 4.69) is 22.4 Å². The molecule has 4 heteroatoms. The number of aromatic nitrogens is 1. The van der Waals surface area contributed by atoms with Gasteiger partial charge in [-0.25, -0.2) is 4.98 Å². The van der Waals surface area contributed by atoms with Crippen molar-refractivity contribution in [3.05, 3.63) is 58.7 Å². The van der Waals surface area contributed by atoms with E-state index in [1.807, 2.05) is 24.3 Å². The molecule has 1 N–H and O–H groups in total. The zero-order valence-electron chi connectivity index (χ0n) is 10.4. The van der Waals surface area contributed by atoms with Crippen LogP contribution in [0.15, 0.2) is 42.5 Å². The average Bonchev–Trinajstić information content (AvgIpc) is 2.46. The lowest BCUT2D eigenvalue weighted by molar-refractivity contribution is 0.858. The summed E-state index contributed by atoms with van der Waals surface area (Å²) >= 11 is 5.82. The van der Waals surface area contributed by atoms with Crippen molar-refractivity contribution < 1.29 is 0 Å². The predicted octanol–water partition coefficient (Wildman–Crippen LogP) is 3.65. The van der Waals surface area contributed by atoms with Crippen LogP contribution >= 0.6 is 11.6 Å². The normalized spacial score (nSPS) is 9.89. The summed E-state index contributed by atoms with van der Waals surface area (Å²) in [7, 11) is 0. The van der Waals surface area contributed by atoms with E-state index in [9.17, 15) is 0 Å². The second kappa shape index (κ2) is 6.77. The predicted molar refractivity (Wildman–Crippen MR) is 77.2 cm³/mol. The highest BCUT2D eigenvalue weighted by Gasteiger charge is 2.02. The number of pyridine rings is 1. The van der Waals surface area contributed by atoms with Gasteiger partial charge < -0.3 is 5.32 Å². The molecule has 0 aliphatic carbocycles. The Morgan fingerprint density at radius 3 is 2.68 bits per heavy atom. The molecule has 0 aliphatic heterocycles. The summed E-state index contributed by atoms with van der Waals surface area (Å²) in [5.41, 5.74) is 1.58. The summed E-state index contributed by atoms with van der Waals surface area (Å²) < 4.78 is 0. The highest BCUT2D eigenvalue weighted by molar-refractivity contribution is 6.31. The van der Waals surface area contributed by atoms with Crippen molar-refractivity contribution in [3.63, 3.8) is 0 Å². The summed E-state index contributed by atoms with van der Waals surface area (Å²) in [6.45, 7) is 0.814. The Kier molecular flexibility index (Phi) is 4.77. The molecule has 0 saturated heterocycles. The van der Waals surface area contributed by atoms with Crippen molar-refractivity contribution in [1.82, 2.24) is 4.98 Å². The molecule has 0 atom stereocenters. The third-order valence-electron chi connectivity index (χ3n) is 2.74. The zero-order chi connectivity index (χ0) is 13.5. The molecule has 1 heterocycles. The highest BCUT2D eigenvalue weighted by Crippen LogP contribution is 2.15. The number of hydrogen-bond acceptors (Lipinski definition) is 3. The molecule has 0 radical (unpaired) electrons. The SMILES string of the molecule is N#Cc1nc(NCCCc2ccccc2)ccc1Cl. The third-order valence-corrected chi connectivity index (χ3v) is 3.05. The van der Waals surface area contributed by atoms with Gasteiger partial charge in [0.2, 0.25) is 0 Å². The highest BCUT2D eigenvalue weighted by atomic mass is 35.5. The molecule has 0 bridgehead atoms. The standard InChI is InChI=1S/C15H14ClN3/c16-13-8-9-15(19-14(13)11-17)18-10-4-7-12-5-2-1-3-6-12/h1-3,5-6,8-9H,4,7,10H2,(H,18,19). The van der Waals surface area contributed by atoms with Crippen molar-refractivity contribution >= 4 is 17.4 Å². The number of anilines is 1. The number of nitriles is 1. The van der Waals surface area contributed by atoms with Crippen molar-refractivity contribution in [2.24, 2.45) is 0 Å². The Balaban J connectivity index is 1.82. The van der Waals surface area contributed by atoms with Crippen LogP contribution in [-0.2, 0) is 6.42 Å². The van der Waals surface area contributed by atoms with Crippen LogP contribution in [0.25, 0.3) is 0 Å². The molecule has 96 valence electrons. The molecule has 1 aromatic heterocycles. The lowest BCUT2D eigenvalue weighted by atomic mass is 10.1. The van der Waals surface area contributed by atoms with Gasteiger partial charge in [0, 0.05) is 6.54 Å². The lowest BCUT2D eigenvalue weighted by Crippen LogP contribution is -2.05. The first-order chi connectivity index (χ1) is 9.29. The van der Waals surface area contributed by atoms with Gasteiger partial charge in [-0.15, -0.1) is 0 Å². The molecule has 0 fully saturated rings. The first-order valence-electron chi connectivity index (χ1n) is 6.14. The molecule has 3 nitrogen and oxygen atoms in total. The Bertz CT molecular complexity index is 576. The maximum absolute atomic E-state index is 8.84. The van der Waals surface area contributed by atoms with Gasteiger partial charge in [-0.3, -0.25) is 0 Å². The second-order valence-electron chi connectivity index (χ2n) is 4.15. The smallest absolute Gasteiger partial charge is 0.161 e. The fourth-order valence-corrected chi connectivity index (χ4v) is 1.92. The maximum Gasteiger partial charge on any atom is 0.161 e. The number of benzene rings is 1. The summed E-state index contributed by atoms with van der Waals surface area (Å²) in [4.78, 5) is 4.13. The third kappa shape index (κ3) is 3.97. The van der Waals surface area contributed by atoms with Crippen LogP contribution in [0.4, 0.5) is 5.82 Å². The molecule has 1 aromatic carbocycles. The number of halogens is 1. The zero-order valence-corrected chi connectivity index (χ0v) is 11.2. The Labute approximate surface area is 117 Å². The van der Waals surface area contributed by atoms with E-state index >= 15 is 0 Å². The van der Waals surface area contributed by atoms with Gasteiger partial charge in [-0.1, -0.05) is 41.9 Å². The quantitative estimate of drug-likeness (QED) is 0.845. The van der Waals surface area contributed by atoms with E-state index in [1.54, 1.807) is 12.1 Å². The van der Waals surface area contributed by atoms with Crippen molar-refractivity contribution in [3.8, 4) is 6.07 Å². The molecule has 2 rings (SSSR count). The topological polar surface area (TPSA) is 48.7 Å². The number of nitrogens with one attached hydrogen (secondary N) is 1. The summed E-state index contributed by atoms with van der Waals surface area (Å²) in [6.07, 6.45) is 2.03. The average molecular weight is 272 g/mol. The molecule has 2 aromatic rings. The Morgan fingerprint density at radius 2 is 1.95 bits per heavy atom. The second-order valence-corrected chi connectivity index (χ2v) is 4.56. The van der Waals surface area contributed by atoms with Crippen molar-refractivity contribution in [2.75, 3.05) is 11.9 Å². The number of hydrogen-bond donors (Lipinski definition) is 1. The minimum Gasteiger partial charge on any atom is -0.370 e. The number of rotatable bonds is 5. The van der Waals surface area contributed by atoms with E-state index in [4.69, 9.17) is 16.9 Å². The van der Waals surface area contributed by atoms with E-state index in [1.165, 1.54) is 5.56 Å². The number of aryl methyl sites for hydroxylation is 1. The van der Waals surface area contributed by atoms with Crippen LogP contribution in [0.5, 0.6) is 0 Å².